The zero-order valence-corrected chi connectivity index (χ0v) is 16.8. The lowest BCUT2D eigenvalue weighted by Crippen LogP contribution is -2.42. The highest BCUT2D eigenvalue weighted by Gasteiger charge is 2.33. The first kappa shape index (κ1) is 22.1. The summed E-state index contributed by atoms with van der Waals surface area (Å²) in [5.74, 6) is -1.33. The van der Waals surface area contributed by atoms with E-state index in [1.165, 1.54) is 12.1 Å². The molecule has 2 aromatic carbocycles. The summed E-state index contributed by atoms with van der Waals surface area (Å²) in [4.78, 5) is 26.3. The molecule has 0 aliphatic carbocycles. The van der Waals surface area contributed by atoms with Crippen LogP contribution in [0.2, 0.25) is 0 Å². The molecule has 12 nitrogen and oxygen atoms in total. The molecule has 3 N–H and O–H groups in total. The third-order valence-corrected chi connectivity index (χ3v) is 5.12. The van der Waals surface area contributed by atoms with E-state index >= 15 is 0 Å². The molecule has 1 heterocycles. The van der Waals surface area contributed by atoms with Crippen molar-refractivity contribution in [2.24, 2.45) is 0 Å². The van der Waals surface area contributed by atoms with Crippen LogP contribution in [-0.4, -0.2) is 69.0 Å². The van der Waals surface area contributed by atoms with Gasteiger partial charge in [-0.15, -0.1) is 0 Å². The van der Waals surface area contributed by atoms with E-state index in [0.717, 1.165) is 4.90 Å². The van der Waals surface area contributed by atoms with Crippen LogP contribution < -0.4 is 5.32 Å². The minimum Gasteiger partial charge on any atom is -0.382 e. The second-order valence-corrected chi connectivity index (χ2v) is 8.26. The van der Waals surface area contributed by atoms with Crippen LogP contribution in [0, 0.1) is 0 Å². The summed E-state index contributed by atoms with van der Waals surface area (Å²) < 4.78 is 68.1. The second-order valence-electron chi connectivity index (χ2n) is 6.08. The number of hydrogen-bond donors (Lipinski definition) is 3. The molecule has 2 amide bonds. The Morgan fingerprint density at radius 3 is 2.10 bits per heavy atom. The van der Waals surface area contributed by atoms with Gasteiger partial charge in [0.25, 0.3) is 11.8 Å². The van der Waals surface area contributed by atoms with Crippen molar-refractivity contribution in [1.82, 2.24) is 4.90 Å². The number of rotatable bonds is 9. The van der Waals surface area contributed by atoms with Gasteiger partial charge >= 0.3 is 20.8 Å². The number of imide groups is 1. The standard InChI is InChI=1S/C16H16N2O10S2/c19-15-11-3-1-2-10-13(17-6-8-27-29(21,22)23)5-4-12(14(10)11)16(20)18(15)7-9-28-30(24,25)26/h1-5,17H,6-9H2,(H,21,22,23)(H,24,25,26). The summed E-state index contributed by atoms with van der Waals surface area (Å²) in [6.45, 7) is -1.32. The number of carbonyl (C=O) groups is 2. The first-order valence-electron chi connectivity index (χ1n) is 8.37. The lowest BCUT2D eigenvalue weighted by molar-refractivity contribution is 0.0584. The average molecular weight is 460 g/mol. The van der Waals surface area contributed by atoms with Crippen LogP contribution in [0.5, 0.6) is 0 Å². The van der Waals surface area contributed by atoms with Crippen molar-refractivity contribution in [3.05, 3.63) is 41.5 Å². The lowest BCUT2D eigenvalue weighted by atomic mass is 9.93. The second kappa shape index (κ2) is 8.25. The van der Waals surface area contributed by atoms with Crippen LogP contribution in [0.1, 0.15) is 20.7 Å². The molecule has 0 fully saturated rings. The highest BCUT2D eigenvalue weighted by molar-refractivity contribution is 7.81. The van der Waals surface area contributed by atoms with E-state index < -0.39 is 39.2 Å². The minimum absolute atomic E-state index is 0.0133. The van der Waals surface area contributed by atoms with E-state index in [4.69, 9.17) is 9.11 Å². The van der Waals surface area contributed by atoms with Gasteiger partial charge in [0.05, 0.1) is 19.8 Å². The van der Waals surface area contributed by atoms with E-state index in [-0.39, 0.29) is 30.8 Å². The van der Waals surface area contributed by atoms with Gasteiger partial charge in [0.1, 0.15) is 0 Å². The number of carbonyl (C=O) groups excluding carboxylic acids is 2. The van der Waals surface area contributed by atoms with Gasteiger partial charge in [-0.3, -0.25) is 23.6 Å². The summed E-state index contributed by atoms with van der Waals surface area (Å²) in [5.41, 5.74) is 0.900. The van der Waals surface area contributed by atoms with Crippen LogP contribution in [-0.2, 0) is 29.2 Å². The van der Waals surface area contributed by atoms with Crippen molar-refractivity contribution >= 4 is 49.1 Å². The summed E-state index contributed by atoms with van der Waals surface area (Å²) in [6.07, 6.45) is 0. The van der Waals surface area contributed by atoms with Gasteiger partial charge in [-0.2, -0.15) is 16.8 Å². The Morgan fingerprint density at radius 2 is 1.47 bits per heavy atom. The number of nitrogens with one attached hydrogen (secondary N) is 1. The van der Waals surface area contributed by atoms with Gasteiger partial charge in [0.15, 0.2) is 0 Å². The fourth-order valence-electron chi connectivity index (χ4n) is 3.07. The van der Waals surface area contributed by atoms with Gasteiger partial charge < -0.3 is 5.32 Å². The zero-order valence-electron chi connectivity index (χ0n) is 15.1. The van der Waals surface area contributed by atoms with Gasteiger partial charge in [-0.1, -0.05) is 12.1 Å². The first-order chi connectivity index (χ1) is 14.0. The molecule has 30 heavy (non-hydrogen) atoms. The summed E-state index contributed by atoms with van der Waals surface area (Å²) >= 11 is 0. The summed E-state index contributed by atoms with van der Waals surface area (Å²) in [5, 5.41) is 3.80. The molecule has 3 rings (SSSR count). The first-order valence-corrected chi connectivity index (χ1v) is 11.1. The van der Waals surface area contributed by atoms with Crippen molar-refractivity contribution in [3.8, 4) is 0 Å². The van der Waals surface area contributed by atoms with Crippen LogP contribution in [0.25, 0.3) is 10.8 Å². The van der Waals surface area contributed by atoms with Crippen LogP contribution in [0.3, 0.4) is 0 Å². The fourth-order valence-corrected chi connectivity index (χ4v) is 3.65. The minimum atomic E-state index is -4.71. The Balaban J connectivity index is 1.86. The van der Waals surface area contributed by atoms with Gasteiger partial charge in [0, 0.05) is 34.1 Å². The molecule has 0 atom stereocenters. The molecule has 0 spiro atoms. The van der Waals surface area contributed by atoms with E-state index in [9.17, 15) is 26.4 Å². The molecule has 0 aromatic heterocycles. The number of benzene rings is 2. The Labute approximate surface area is 171 Å². The largest absolute Gasteiger partial charge is 0.397 e. The monoisotopic (exact) mass is 460 g/mol. The molecule has 0 saturated carbocycles. The molecular formula is C16H16N2O10S2. The summed E-state index contributed by atoms with van der Waals surface area (Å²) in [7, 11) is -9.27. The van der Waals surface area contributed by atoms with Gasteiger partial charge in [-0.25, -0.2) is 8.37 Å². The van der Waals surface area contributed by atoms with Crippen molar-refractivity contribution in [2.45, 2.75) is 0 Å². The molecule has 0 saturated heterocycles. The molecule has 1 aliphatic heterocycles. The van der Waals surface area contributed by atoms with Crippen molar-refractivity contribution in [2.75, 3.05) is 31.6 Å². The van der Waals surface area contributed by atoms with E-state index in [2.05, 4.69) is 13.7 Å². The highest BCUT2D eigenvalue weighted by atomic mass is 32.3. The number of anilines is 1. The number of nitrogens with zero attached hydrogens (tertiary/aromatic N) is 1. The maximum atomic E-state index is 12.8. The molecule has 0 radical (unpaired) electrons. The predicted molar refractivity (Wildman–Crippen MR) is 103 cm³/mol. The molecule has 0 unspecified atom stereocenters. The van der Waals surface area contributed by atoms with Crippen molar-refractivity contribution < 1.29 is 43.9 Å². The molecule has 2 aromatic rings. The highest BCUT2D eigenvalue weighted by Crippen LogP contribution is 2.34. The van der Waals surface area contributed by atoms with E-state index in [1.807, 2.05) is 0 Å². The maximum Gasteiger partial charge on any atom is 0.397 e. The predicted octanol–water partition coefficient (Wildman–Crippen LogP) is 0.487. The zero-order chi connectivity index (χ0) is 22.1. The average Bonchev–Trinajstić information content (AvgIpc) is 2.64. The molecule has 162 valence electrons. The molecule has 0 bridgehead atoms. The third-order valence-electron chi connectivity index (χ3n) is 4.19. The van der Waals surface area contributed by atoms with Crippen molar-refractivity contribution in [1.29, 1.82) is 0 Å². The number of hydrogen-bond acceptors (Lipinski definition) is 9. The quantitative estimate of drug-likeness (QED) is 0.269. The Kier molecular flexibility index (Phi) is 6.07. The van der Waals surface area contributed by atoms with Gasteiger partial charge in [0.2, 0.25) is 0 Å². The van der Waals surface area contributed by atoms with Crippen LogP contribution in [0.4, 0.5) is 5.69 Å². The Bertz CT molecular complexity index is 1200. The van der Waals surface area contributed by atoms with E-state index in [0.29, 0.717) is 16.5 Å². The normalized spacial score (nSPS) is 14.4. The Morgan fingerprint density at radius 1 is 0.867 bits per heavy atom. The molecular weight excluding hydrogens is 444 g/mol. The topological polar surface area (TPSA) is 177 Å². The molecule has 1 aliphatic rings. The third kappa shape index (κ3) is 4.92. The lowest BCUT2D eigenvalue weighted by Gasteiger charge is -2.27. The van der Waals surface area contributed by atoms with E-state index in [1.54, 1.807) is 18.2 Å². The SMILES string of the molecule is O=C1c2cccc3c(NCCOS(=O)(=O)O)ccc(c23)C(=O)N1CCOS(=O)(=O)O. The smallest absolute Gasteiger partial charge is 0.382 e. The number of amides is 2. The van der Waals surface area contributed by atoms with Crippen LogP contribution in [0.15, 0.2) is 30.3 Å². The maximum absolute atomic E-state index is 12.8. The molecule has 14 heteroatoms. The van der Waals surface area contributed by atoms with Crippen molar-refractivity contribution in [3.63, 3.8) is 0 Å². The van der Waals surface area contributed by atoms with Gasteiger partial charge in [-0.05, 0) is 18.2 Å². The Hall–Kier alpha value is -2.62. The summed E-state index contributed by atoms with van der Waals surface area (Å²) in [6, 6.07) is 7.76. The fraction of sp³-hybridized carbons (Fsp3) is 0.250. The van der Waals surface area contributed by atoms with Crippen LogP contribution >= 0.6 is 0 Å².